The van der Waals surface area contributed by atoms with Crippen LogP contribution >= 0.6 is 0 Å². The van der Waals surface area contributed by atoms with Crippen LogP contribution < -0.4 is 14.8 Å². The van der Waals surface area contributed by atoms with E-state index in [1.807, 2.05) is 12.1 Å². The lowest BCUT2D eigenvalue weighted by atomic mass is 10.1. The molecule has 0 heterocycles. The molecule has 0 aliphatic carbocycles. The molecule has 5 heteroatoms. The first-order valence-electron chi connectivity index (χ1n) is 8.80. The molecule has 0 atom stereocenters. The van der Waals surface area contributed by atoms with Crippen LogP contribution in [-0.4, -0.2) is 33.3 Å². The lowest BCUT2D eigenvalue weighted by Crippen LogP contribution is -2.11. The minimum Gasteiger partial charge on any atom is -0.493 e. The van der Waals surface area contributed by atoms with Crippen molar-refractivity contribution in [1.82, 2.24) is 0 Å². The Kier molecular flexibility index (Phi) is 10.7. The predicted octanol–water partition coefficient (Wildman–Crippen LogP) is 4.41. The first-order chi connectivity index (χ1) is 11.7. The Balaban J connectivity index is 2.47. The molecule has 1 aromatic rings. The first kappa shape index (κ1) is 20.3. The molecule has 1 amide bonds. The molecule has 1 rings (SSSR count). The second-order valence-electron chi connectivity index (χ2n) is 5.77. The Morgan fingerprint density at radius 1 is 1.00 bits per heavy atom. The summed E-state index contributed by atoms with van der Waals surface area (Å²) < 4.78 is 16.0. The molecule has 0 unspecified atom stereocenters. The van der Waals surface area contributed by atoms with E-state index in [-0.39, 0.29) is 5.91 Å². The fourth-order valence-corrected chi connectivity index (χ4v) is 2.37. The Bertz CT molecular complexity index is 476. The maximum absolute atomic E-state index is 12.0. The third-order valence-electron chi connectivity index (χ3n) is 3.71. The van der Waals surface area contributed by atoms with E-state index < -0.39 is 0 Å². The Morgan fingerprint density at radius 3 is 2.50 bits per heavy atom. The molecule has 136 valence electrons. The summed E-state index contributed by atoms with van der Waals surface area (Å²) in [4.78, 5) is 12.0. The number of methoxy groups -OCH3 is 2. The van der Waals surface area contributed by atoms with E-state index in [2.05, 4.69) is 12.2 Å². The summed E-state index contributed by atoms with van der Waals surface area (Å²) in [7, 11) is 3.27. The largest absolute Gasteiger partial charge is 0.493 e. The van der Waals surface area contributed by atoms with E-state index in [9.17, 15) is 4.79 Å². The van der Waals surface area contributed by atoms with Gasteiger partial charge in [0.15, 0.2) is 11.5 Å². The van der Waals surface area contributed by atoms with Crippen molar-refractivity contribution in [2.45, 2.75) is 51.9 Å². The van der Waals surface area contributed by atoms with Gasteiger partial charge in [-0.3, -0.25) is 4.79 Å². The minimum atomic E-state index is 0.0435. The average Bonchev–Trinajstić information content (AvgIpc) is 2.59. The van der Waals surface area contributed by atoms with E-state index in [1.165, 1.54) is 19.3 Å². The van der Waals surface area contributed by atoms with Crippen molar-refractivity contribution in [3.05, 3.63) is 18.2 Å². The molecule has 0 bridgehead atoms. The van der Waals surface area contributed by atoms with Crippen LogP contribution in [0, 0.1) is 0 Å². The number of ether oxygens (including phenoxy) is 3. The number of rotatable bonds is 13. The fraction of sp³-hybridized carbons (Fsp3) is 0.632. The highest BCUT2D eigenvalue weighted by Gasteiger charge is 2.08. The summed E-state index contributed by atoms with van der Waals surface area (Å²) in [5, 5.41) is 2.93. The molecule has 0 spiro atoms. The quantitative estimate of drug-likeness (QED) is 0.542. The Hall–Kier alpha value is -1.75. The molecule has 0 aliphatic heterocycles. The number of benzene rings is 1. The Labute approximate surface area is 145 Å². The number of carbonyl (C=O) groups is 1. The Morgan fingerprint density at radius 2 is 1.79 bits per heavy atom. The van der Waals surface area contributed by atoms with Crippen molar-refractivity contribution in [3.8, 4) is 11.5 Å². The van der Waals surface area contributed by atoms with Gasteiger partial charge in [0.05, 0.1) is 13.7 Å². The third-order valence-corrected chi connectivity index (χ3v) is 3.71. The highest BCUT2D eigenvalue weighted by Crippen LogP contribution is 2.30. The lowest BCUT2D eigenvalue weighted by molar-refractivity contribution is -0.116. The number of hydrogen-bond donors (Lipinski definition) is 1. The van der Waals surface area contributed by atoms with Gasteiger partial charge in [-0.25, -0.2) is 0 Å². The molecule has 1 N–H and O–H groups in total. The predicted molar refractivity (Wildman–Crippen MR) is 97.0 cm³/mol. The van der Waals surface area contributed by atoms with Gasteiger partial charge in [0, 0.05) is 38.3 Å². The van der Waals surface area contributed by atoms with Crippen LogP contribution in [0.2, 0.25) is 0 Å². The van der Waals surface area contributed by atoms with Crippen molar-refractivity contribution in [2.24, 2.45) is 0 Å². The number of anilines is 1. The molecule has 24 heavy (non-hydrogen) atoms. The molecule has 0 fully saturated rings. The van der Waals surface area contributed by atoms with Crippen molar-refractivity contribution in [2.75, 3.05) is 32.8 Å². The summed E-state index contributed by atoms with van der Waals surface area (Å²) in [6, 6.07) is 5.44. The van der Waals surface area contributed by atoms with Crippen LogP contribution in [0.5, 0.6) is 11.5 Å². The second kappa shape index (κ2) is 12.6. The minimum absolute atomic E-state index is 0.0435. The topological polar surface area (TPSA) is 56.8 Å². The average molecular weight is 337 g/mol. The van der Waals surface area contributed by atoms with Gasteiger partial charge in [-0.15, -0.1) is 0 Å². The van der Waals surface area contributed by atoms with Crippen LogP contribution in [0.25, 0.3) is 0 Å². The number of carbonyl (C=O) groups excluding carboxylic acids is 1. The third kappa shape index (κ3) is 8.20. The van der Waals surface area contributed by atoms with Crippen LogP contribution in [-0.2, 0) is 9.53 Å². The van der Waals surface area contributed by atoms with E-state index >= 15 is 0 Å². The maximum Gasteiger partial charge on any atom is 0.224 e. The van der Waals surface area contributed by atoms with E-state index in [0.29, 0.717) is 31.1 Å². The highest BCUT2D eigenvalue weighted by atomic mass is 16.5. The van der Waals surface area contributed by atoms with Gasteiger partial charge in [-0.2, -0.15) is 0 Å². The van der Waals surface area contributed by atoms with Crippen LogP contribution in [0.4, 0.5) is 5.69 Å². The van der Waals surface area contributed by atoms with Crippen LogP contribution in [0.1, 0.15) is 51.9 Å². The summed E-state index contributed by atoms with van der Waals surface area (Å²) >= 11 is 0. The van der Waals surface area contributed by atoms with Gasteiger partial charge >= 0.3 is 0 Å². The van der Waals surface area contributed by atoms with Crippen molar-refractivity contribution in [3.63, 3.8) is 0 Å². The van der Waals surface area contributed by atoms with E-state index in [4.69, 9.17) is 14.2 Å². The molecule has 0 saturated carbocycles. The lowest BCUT2D eigenvalue weighted by Gasteiger charge is -2.13. The van der Waals surface area contributed by atoms with Crippen molar-refractivity contribution < 1.29 is 19.0 Å². The van der Waals surface area contributed by atoms with Gasteiger partial charge < -0.3 is 19.5 Å². The van der Waals surface area contributed by atoms with Gasteiger partial charge in [-0.05, 0) is 18.6 Å². The molecule has 0 saturated heterocycles. The summed E-state index contributed by atoms with van der Waals surface area (Å²) in [5.41, 5.74) is 0.732. The zero-order valence-corrected chi connectivity index (χ0v) is 15.2. The van der Waals surface area contributed by atoms with Gasteiger partial charge in [0.1, 0.15) is 0 Å². The molecule has 0 aliphatic rings. The molecular formula is C19H31NO4. The number of nitrogens with one attached hydrogen (secondary N) is 1. The van der Waals surface area contributed by atoms with Crippen LogP contribution in [0.3, 0.4) is 0 Å². The number of hydrogen-bond acceptors (Lipinski definition) is 4. The maximum atomic E-state index is 12.0. The molecular weight excluding hydrogens is 306 g/mol. The second-order valence-corrected chi connectivity index (χ2v) is 5.77. The standard InChI is InChI=1S/C19H31NO4/c1-4-5-6-7-8-10-19(21)20-16-11-12-17(23-3)18(15-16)24-14-9-13-22-2/h11-12,15H,4-10,13-14H2,1-3H3,(H,20,21). The summed E-state index contributed by atoms with van der Waals surface area (Å²) in [6.45, 7) is 3.38. The fourth-order valence-electron chi connectivity index (χ4n) is 2.37. The molecule has 0 radical (unpaired) electrons. The molecule has 1 aromatic carbocycles. The SMILES string of the molecule is CCCCCCCC(=O)Nc1ccc(OC)c(OCCCOC)c1. The zero-order valence-electron chi connectivity index (χ0n) is 15.2. The smallest absolute Gasteiger partial charge is 0.224 e. The van der Waals surface area contributed by atoms with Gasteiger partial charge in [-0.1, -0.05) is 32.6 Å². The first-order valence-corrected chi connectivity index (χ1v) is 8.80. The highest BCUT2D eigenvalue weighted by molar-refractivity contribution is 5.91. The zero-order chi connectivity index (χ0) is 17.6. The van der Waals surface area contributed by atoms with Crippen molar-refractivity contribution in [1.29, 1.82) is 0 Å². The van der Waals surface area contributed by atoms with Gasteiger partial charge in [0.25, 0.3) is 0 Å². The van der Waals surface area contributed by atoms with Gasteiger partial charge in [0.2, 0.25) is 5.91 Å². The molecule has 0 aromatic heterocycles. The van der Waals surface area contributed by atoms with Crippen molar-refractivity contribution >= 4 is 11.6 Å². The van der Waals surface area contributed by atoms with E-state index in [0.717, 1.165) is 24.9 Å². The summed E-state index contributed by atoms with van der Waals surface area (Å²) in [5.74, 6) is 1.33. The summed E-state index contributed by atoms with van der Waals surface area (Å²) in [6.07, 6.45) is 7.05. The number of amides is 1. The normalized spacial score (nSPS) is 10.5. The monoisotopic (exact) mass is 337 g/mol. The number of unbranched alkanes of at least 4 members (excludes halogenated alkanes) is 4. The van der Waals surface area contributed by atoms with Crippen LogP contribution in [0.15, 0.2) is 18.2 Å². The molecule has 5 nitrogen and oxygen atoms in total. The van der Waals surface area contributed by atoms with E-state index in [1.54, 1.807) is 20.3 Å².